The van der Waals surface area contributed by atoms with Crippen LogP contribution in [0.15, 0.2) is 30.6 Å². The fourth-order valence-electron chi connectivity index (χ4n) is 3.88. The van der Waals surface area contributed by atoms with E-state index in [1.807, 2.05) is 25.1 Å². The first kappa shape index (κ1) is 19.1. The van der Waals surface area contributed by atoms with Gasteiger partial charge >= 0.3 is 0 Å². The summed E-state index contributed by atoms with van der Waals surface area (Å²) in [6.07, 6.45) is 2.49. The lowest BCUT2D eigenvalue weighted by Crippen LogP contribution is -2.31. The Morgan fingerprint density at radius 3 is 2.52 bits per heavy atom. The first-order valence-corrected chi connectivity index (χ1v) is 9.63. The number of hydrogen-bond donors (Lipinski definition) is 0. The molecule has 2 aromatic carbocycles. The Morgan fingerprint density at radius 1 is 0.966 bits per heavy atom. The predicted molar refractivity (Wildman–Crippen MR) is 112 cm³/mol. The van der Waals surface area contributed by atoms with Crippen LogP contribution >= 0.6 is 0 Å². The van der Waals surface area contributed by atoms with E-state index < -0.39 is 0 Å². The summed E-state index contributed by atoms with van der Waals surface area (Å²) < 4.78 is 22.4. The number of benzene rings is 2. The van der Waals surface area contributed by atoms with Gasteiger partial charge in [-0.25, -0.2) is 9.97 Å². The van der Waals surface area contributed by atoms with Gasteiger partial charge < -0.3 is 23.8 Å². The van der Waals surface area contributed by atoms with Crippen molar-refractivity contribution < 1.29 is 18.9 Å². The normalized spacial score (nSPS) is 13.2. The maximum absolute atomic E-state index is 5.77. The Morgan fingerprint density at radius 2 is 1.79 bits per heavy atom. The molecule has 0 saturated heterocycles. The van der Waals surface area contributed by atoms with Crippen LogP contribution < -0.4 is 23.8 Å². The van der Waals surface area contributed by atoms with Gasteiger partial charge in [-0.15, -0.1) is 0 Å². The first-order valence-electron chi connectivity index (χ1n) is 9.63. The van der Waals surface area contributed by atoms with E-state index in [1.54, 1.807) is 27.7 Å². The van der Waals surface area contributed by atoms with Crippen LogP contribution in [0.1, 0.15) is 18.1 Å². The monoisotopic (exact) mass is 395 g/mol. The van der Waals surface area contributed by atoms with E-state index in [0.717, 1.165) is 46.7 Å². The van der Waals surface area contributed by atoms with Crippen LogP contribution in [0.4, 0.5) is 5.82 Å². The number of methoxy groups -OCH3 is 3. The van der Waals surface area contributed by atoms with Crippen molar-refractivity contribution in [3.63, 3.8) is 0 Å². The molecule has 0 atom stereocenters. The van der Waals surface area contributed by atoms with Gasteiger partial charge in [-0.05, 0) is 31.0 Å². The molecule has 0 N–H and O–H groups in total. The average molecular weight is 395 g/mol. The van der Waals surface area contributed by atoms with Gasteiger partial charge in [0.05, 0.1) is 33.5 Å². The maximum atomic E-state index is 5.77. The molecule has 7 heteroatoms. The van der Waals surface area contributed by atoms with Gasteiger partial charge in [0.25, 0.3) is 0 Å². The number of ether oxygens (including phenoxy) is 4. The molecule has 1 aliphatic heterocycles. The number of rotatable bonds is 6. The fourth-order valence-corrected chi connectivity index (χ4v) is 3.88. The molecular weight excluding hydrogens is 370 g/mol. The molecule has 29 heavy (non-hydrogen) atoms. The molecule has 3 aromatic rings. The molecule has 1 aliphatic rings. The molecule has 2 heterocycles. The van der Waals surface area contributed by atoms with Crippen molar-refractivity contribution in [1.29, 1.82) is 0 Å². The lowest BCUT2D eigenvalue weighted by atomic mass is 9.98. The molecule has 7 nitrogen and oxygen atoms in total. The zero-order valence-electron chi connectivity index (χ0n) is 17.2. The second-order valence-corrected chi connectivity index (χ2v) is 6.76. The van der Waals surface area contributed by atoms with Crippen LogP contribution in [0, 0.1) is 0 Å². The van der Waals surface area contributed by atoms with Gasteiger partial charge in [0.15, 0.2) is 23.0 Å². The molecule has 0 unspecified atom stereocenters. The third kappa shape index (κ3) is 3.37. The average Bonchev–Trinajstić information content (AvgIpc) is 2.77. The quantitative estimate of drug-likeness (QED) is 0.632. The Bertz CT molecular complexity index is 1040. The highest BCUT2D eigenvalue weighted by Crippen LogP contribution is 2.40. The van der Waals surface area contributed by atoms with Crippen molar-refractivity contribution in [1.82, 2.24) is 9.97 Å². The van der Waals surface area contributed by atoms with Crippen molar-refractivity contribution in [3.8, 4) is 23.0 Å². The smallest absolute Gasteiger partial charge is 0.165 e. The largest absolute Gasteiger partial charge is 0.493 e. The van der Waals surface area contributed by atoms with E-state index in [2.05, 4.69) is 20.9 Å². The second kappa shape index (κ2) is 8.03. The lowest BCUT2D eigenvalue weighted by molar-refractivity contribution is 0.311. The maximum Gasteiger partial charge on any atom is 0.165 e. The topological polar surface area (TPSA) is 65.9 Å². The van der Waals surface area contributed by atoms with Gasteiger partial charge in [-0.1, -0.05) is 6.07 Å². The zero-order valence-corrected chi connectivity index (χ0v) is 17.2. The summed E-state index contributed by atoms with van der Waals surface area (Å²) in [7, 11) is 4.97. The summed E-state index contributed by atoms with van der Waals surface area (Å²) in [4.78, 5) is 11.3. The Hall–Kier alpha value is -3.22. The van der Waals surface area contributed by atoms with E-state index in [4.69, 9.17) is 18.9 Å². The SMILES string of the molecule is CCOc1cc2c(N3CCc4ccc(OC)c(OC)c4C3)ncnc2cc1OC. The van der Waals surface area contributed by atoms with Crippen LogP contribution in [-0.2, 0) is 13.0 Å². The number of nitrogens with zero attached hydrogens (tertiary/aromatic N) is 3. The summed E-state index contributed by atoms with van der Waals surface area (Å²) in [5, 5.41) is 0.932. The molecule has 4 rings (SSSR count). The lowest BCUT2D eigenvalue weighted by Gasteiger charge is -2.32. The van der Waals surface area contributed by atoms with Gasteiger partial charge in [-0.2, -0.15) is 0 Å². The third-order valence-electron chi connectivity index (χ3n) is 5.24. The highest BCUT2D eigenvalue weighted by molar-refractivity contribution is 5.92. The van der Waals surface area contributed by atoms with E-state index in [9.17, 15) is 0 Å². The van der Waals surface area contributed by atoms with E-state index in [-0.39, 0.29) is 0 Å². The molecule has 0 fully saturated rings. The molecule has 0 bridgehead atoms. The highest BCUT2D eigenvalue weighted by Gasteiger charge is 2.25. The Balaban J connectivity index is 1.79. The third-order valence-corrected chi connectivity index (χ3v) is 5.24. The molecule has 0 spiro atoms. The second-order valence-electron chi connectivity index (χ2n) is 6.76. The first-order chi connectivity index (χ1) is 14.2. The highest BCUT2D eigenvalue weighted by atomic mass is 16.5. The number of hydrogen-bond acceptors (Lipinski definition) is 7. The number of anilines is 1. The minimum atomic E-state index is 0.555. The van der Waals surface area contributed by atoms with Crippen molar-refractivity contribution in [2.24, 2.45) is 0 Å². The molecule has 1 aromatic heterocycles. The summed E-state index contributed by atoms with van der Waals surface area (Å²) in [5.41, 5.74) is 3.22. The summed E-state index contributed by atoms with van der Waals surface area (Å²) >= 11 is 0. The standard InChI is InChI=1S/C22H25N3O4/c1-5-29-20-10-15-17(11-19(20)27-3)23-13-24-22(15)25-9-8-14-6-7-18(26-2)21(28-4)16(14)12-25/h6-7,10-11,13H,5,8-9,12H2,1-4H3. The molecule has 0 saturated carbocycles. The molecule has 0 amide bonds. The van der Waals surface area contributed by atoms with Crippen LogP contribution in [0.5, 0.6) is 23.0 Å². The van der Waals surface area contributed by atoms with Crippen LogP contribution in [-0.4, -0.2) is 44.4 Å². The Labute approximate surface area is 170 Å². The molecule has 0 radical (unpaired) electrons. The summed E-state index contributed by atoms with van der Waals surface area (Å²) in [6, 6.07) is 7.94. The summed E-state index contributed by atoms with van der Waals surface area (Å²) in [6.45, 7) is 4.04. The number of fused-ring (bicyclic) bond motifs is 2. The van der Waals surface area contributed by atoms with E-state index >= 15 is 0 Å². The van der Waals surface area contributed by atoms with Gasteiger partial charge in [0.2, 0.25) is 0 Å². The van der Waals surface area contributed by atoms with Crippen molar-refractivity contribution in [2.75, 3.05) is 39.4 Å². The van der Waals surface area contributed by atoms with Crippen molar-refractivity contribution >= 4 is 16.7 Å². The van der Waals surface area contributed by atoms with Gasteiger partial charge in [0.1, 0.15) is 12.1 Å². The van der Waals surface area contributed by atoms with Crippen LogP contribution in [0.25, 0.3) is 10.9 Å². The van der Waals surface area contributed by atoms with Crippen molar-refractivity contribution in [3.05, 3.63) is 41.7 Å². The predicted octanol–water partition coefficient (Wildman–Crippen LogP) is 3.62. The van der Waals surface area contributed by atoms with Crippen LogP contribution in [0.3, 0.4) is 0 Å². The molecular formula is C22H25N3O4. The van der Waals surface area contributed by atoms with Gasteiger partial charge in [-0.3, -0.25) is 0 Å². The van der Waals surface area contributed by atoms with Crippen molar-refractivity contribution in [2.45, 2.75) is 19.9 Å². The van der Waals surface area contributed by atoms with Gasteiger partial charge in [0, 0.05) is 30.1 Å². The zero-order chi connectivity index (χ0) is 20.4. The molecule has 0 aliphatic carbocycles. The fraction of sp³-hybridized carbons (Fsp3) is 0.364. The van der Waals surface area contributed by atoms with E-state index in [0.29, 0.717) is 24.7 Å². The number of aromatic nitrogens is 2. The minimum absolute atomic E-state index is 0.555. The van der Waals surface area contributed by atoms with Crippen LogP contribution in [0.2, 0.25) is 0 Å². The molecule has 152 valence electrons. The minimum Gasteiger partial charge on any atom is -0.493 e. The Kier molecular flexibility index (Phi) is 5.29. The summed E-state index contributed by atoms with van der Waals surface area (Å²) in [5.74, 6) is 3.75. The van der Waals surface area contributed by atoms with E-state index in [1.165, 1.54) is 5.56 Å².